The summed E-state index contributed by atoms with van der Waals surface area (Å²) in [6.45, 7) is 3.19. The highest BCUT2D eigenvalue weighted by Gasteiger charge is 2.46. The number of hydrogen-bond acceptors (Lipinski definition) is 5. The molecule has 1 unspecified atom stereocenters. The molecule has 0 spiro atoms. The Hall–Kier alpha value is -1.79. The van der Waals surface area contributed by atoms with Gasteiger partial charge >= 0.3 is 0 Å². The lowest BCUT2D eigenvalue weighted by Crippen LogP contribution is -2.41. The Bertz CT molecular complexity index is 1090. The number of carbonyl (C=O) groups excluding carboxylic acids is 2. The second kappa shape index (κ2) is 10.4. The molecular formula is C24H28BrFIN5O2. The van der Waals surface area contributed by atoms with Crippen LogP contribution < -0.4 is 11.1 Å². The Balaban J connectivity index is 1.62. The van der Waals surface area contributed by atoms with Crippen LogP contribution in [0.5, 0.6) is 0 Å². The molecule has 4 rings (SSSR count). The smallest absolute Gasteiger partial charge is 0.256 e. The number of hydrogen-bond donors (Lipinski definition) is 2. The van der Waals surface area contributed by atoms with E-state index in [0.29, 0.717) is 29.9 Å². The zero-order chi connectivity index (χ0) is 24.5. The summed E-state index contributed by atoms with van der Waals surface area (Å²) in [4.78, 5) is 33.9. The summed E-state index contributed by atoms with van der Waals surface area (Å²) in [6, 6.07) is 4.65. The second-order valence-corrected chi connectivity index (χ2v) is 11.3. The van der Waals surface area contributed by atoms with Crippen LogP contribution in [-0.4, -0.2) is 64.5 Å². The number of amides is 2. The van der Waals surface area contributed by atoms with Crippen molar-refractivity contribution in [2.24, 2.45) is 5.73 Å². The number of nitrogens with one attached hydrogen (secondary N) is 1. The van der Waals surface area contributed by atoms with Gasteiger partial charge in [0.05, 0.1) is 29.4 Å². The molecule has 2 aliphatic rings. The average Bonchev–Trinajstić information content (AvgIpc) is 3.13. The van der Waals surface area contributed by atoms with Crippen LogP contribution in [0.3, 0.4) is 0 Å². The van der Waals surface area contributed by atoms with Crippen molar-refractivity contribution in [1.29, 1.82) is 0 Å². The molecule has 3 N–H and O–H groups in total. The minimum absolute atomic E-state index is 0.0567. The third-order valence-electron chi connectivity index (χ3n) is 6.47. The van der Waals surface area contributed by atoms with E-state index in [-0.39, 0.29) is 31.4 Å². The molecular weight excluding hydrogens is 616 g/mol. The Kier molecular flexibility index (Phi) is 7.78. The van der Waals surface area contributed by atoms with Gasteiger partial charge in [0.25, 0.3) is 11.8 Å². The van der Waals surface area contributed by atoms with Crippen molar-refractivity contribution in [2.45, 2.75) is 44.4 Å². The van der Waals surface area contributed by atoms with Gasteiger partial charge in [0, 0.05) is 46.6 Å². The maximum Gasteiger partial charge on any atom is 0.256 e. The molecule has 0 saturated carbocycles. The molecule has 0 radical (unpaired) electrons. The molecule has 3 heterocycles. The van der Waals surface area contributed by atoms with Crippen LogP contribution in [0.2, 0.25) is 0 Å². The molecule has 2 amide bonds. The van der Waals surface area contributed by atoms with Crippen LogP contribution in [0.25, 0.3) is 0 Å². The first-order valence-electron chi connectivity index (χ1n) is 11.4. The minimum Gasteiger partial charge on any atom is -0.376 e. The largest absolute Gasteiger partial charge is 0.376 e. The zero-order valence-electron chi connectivity index (χ0n) is 19.0. The standard InChI is InChI=1S/C24H28BrFIN5O2/c1-24(26)14-32(22(33)16-8-18(27)12-29-11-16)13-20(24)30-21-15(10-28)7-17(25)9-19(21)23(34)31-5-3-2-4-6-31/h7-9,11-12,20,30H,2-6,10,13-14,28H2,1H3/t20-,24?/m0/s1. The number of piperidine rings is 1. The van der Waals surface area contributed by atoms with Gasteiger partial charge in [-0.15, -0.1) is 0 Å². The first-order chi connectivity index (χ1) is 16.2. The average molecular weight is 644 g/mol. The quantitative estimate of drug-likeness (QED) is 0.477. The summed E-state index contributed by atoms with van der Waals surface area (Å²) >= 11 is 5.58. The molecule has 1 aromatic carbocycles. The van der Waals surface area contributed by atoms with Crippen molar-refractivity contribution < 1.29 is 14.0 Å². The Morgan fingerprint density at radius 3 is 2.62 bits per heavy atom. The van der Waals surface area contributed by atoms with E-state index in [9.17, 15) is 9.59 Å². The second-order valence-electron chi connectivity index (χ2n) is 9.10. The third kappa shape index (κ3) is 5.38. The van der Waals surface area contributed by atoms with E-state index in [1.54, 1.807) is 18.3 Å². The number of nitrogens with two attached hydrogens (primary N) is 1. The van der Waals surface area contributed by atoms with Gasteiger partial charge in [-0.1, -0.05) is 15.9 Å². The van der Waals surface area contributed by atoms with Crippen LogP contribution in [-0.2, 0) is 6.54 Å². The van der Waals surface area contributed by atoms with Gasteiger partial charge in [0.2, 0.25) is 0 Å². The van der Waals surface area contributed by atoms with Crippen LogP contribution in [0.15, 0.2) is 35.1 Å². The number of nitrogens with zero attached hydrogens (tertiary/aromatic N) is 3. The number of alkyl halides is 1. The molecule has 7 nitrogen and oxygen atoms in total. The fraction of sp³-hybridized carbons (Fsp3) is 0.458. The Morgan fingerprint density at radius 1 is 1.21 bits per heavy atom. The van der Waals surface area contributed by atoms with E-state index in [0.717, 1.165) is 32.9 Å². The lowest BCUT2D eigenvalue weighted by atomic mass is 9.99. The van der Waals surface area contributed by atoms with Crippen LogP contribution in [0.4, 0.5) is 10.1 Å². The highest BCUT2D eigenvalue weighted by molar-refractivity contribution is 14.1. The first kappa shape index (κ1) is 25.3. The number of likely N-dealkylation sites (tertiary alicyclic amines) is 2. The SMILES string of the molecule is CC1(F)CN(C(=O)c2cncc(I)c2)C[C@@H]1Nc1c(CN)cc(Br)cc1C(=O)N1CCCCC1. The van der Waals surface area contributed by atoms with Crippen LogP contribution in [0.1, 0.15) is 52.5 Å². The highest BCUT2D eigenvalue weighted by Crippen LogP contribution is 2.34. The number of benzene rings is 1. The van der Waals surface area contributed by atoms with E-state index in [1.165, 1.54) is 18.0 Å². The number of pyridine rings is 1. The molecule has 2 fully saturated rings. The Labute approximate surface area is 220 Å². The number of aromatic nitrogens is 1. The van der Waals surface area contributed by atoms with Crippen molar-refractivity contribution in [2.75, 3.05) is 31.5 Å². The zero-order valence-corrected chi connectivity index (χ0v) is 22.7. The number of halogens is 3. The van der Waals surface area contributed by atoms with Crippen LogP contribution in [0, 0.1) is 3.57 Å². The van der Waals surface area contributed by atoms with Crippen molar-refractivity contribution in [3.8, 4) is 0 Å². The summed E-state index contributed by atoms with van der Waals surface area (Å²) in [6.07, 6.45) is 6.22. The molecule has 1 aromatic heterocycles. The van der Waals surface area contributed by atoms with E-state index in [1.807, 2.05) is 11.0 Å². The van der Waals surface area contributed by atoms with Crippen molar-refractivity contribution >= 4 is 56.0 Å². The monoisotopic (exact) mass is 643 g/mol. The van der Waals surface area contributed by atoms with Crippen molar-refractivity contribution in [3.05, 3.63) is 55.3 Å². The van der Waals surface area contributed by atoms with E-state index in [2.05, 4.69) is 48.8 Å². The van der Waals surface area contributed by atoms with Gasteiger partial charge in [0.15, 0.2) is 0 Å². The molecule has 0 bridgehead atoms. The summed E-state index contributed by atoms with van der Waals surface area (Å²) in [5, 5.41) is 3.28. The molecule has 2 aromatic rings. The van der Waals surface area contributed by atoms with Gasteiger partial charge < -0.3 is 20.9 Å². The number of rotatable bonds is 5. The topological polar surface area (TPSA) is 91.6 Å². The van der Waals surface area contributed by atoms with Gasteiger partial charge in [0.1, 0.15) is 5.67 Å². The minimum atomic E-state index is -1.70. The lowest BCUT2D eigenvalue weighted by molar-refractivity contribution is 0.0724. The molecule has 2 saturated heterocycles. The fourth-order valence-electron chi connectivity index (χ4n) is 4.63. The fourth-order valence-corrected chi connectivity index (χ4v) is 5.63. The normalized spacial score (nSPS) is 22.7. The molecule has 2 aliphatic heterocycles. The molecule has 2 atom stereocenters. The molecule has 34 heavy (non-hydrogen) atoms. The number of anilines is 1. The van der Waals surface area contributed by atoms with E-state index in [4.69, 9.17) is 5.73 Å². The van der Waals surface area contributed by atoms with E-state index < -0.39 is 11.7 Å². The Morgan fingerprint density at radius 2 is 1.94 bits per heavy atom. The lowest BCUT2D eigenvalue weighted by Gasteiger charge is -2.30. The first-order valence-corrected chi connectivity index (χ1v) is 13.2. The molecule has 182 valence electrons. The van der Waals surface area contributed by atoms with Crippen LogP contribution >= 0.6 is 38.5 Å². The summed E-state index contributed by atoms with van der Waals surface area (Å²) in [5.41, 5.74) is 6.48. The molecule has 0 aliphatic carbocycles. The number of carbonyl (C=O) groups is 2. The van der Waals surface area contributed by atoms with Gasteiger partial charge in [-0.25, -0.2) is 4.39 Å². The summed E-state index contributed by atoms with van der Waals surface area (Å²) < 4.78 is 17.3. The van der Waals surface area contributed by atoms with Gasteiger partial charge in [-0.3, -0.25) is 14.6 Å². The summed E-state index contributed by atoms with van der Waals surface area (Å²) in [5.74, 6) is -0.353. The van der Waals surface area contributed by atoms with Gasteiger partial charge in [-0.2, -0.15) is 0 Å². The third-order valence-corrected chi connectivity index (χ3v) is 7.51. The maximum atomic E-state index is 15.8. The van der Waals surface area contributed by atoms with Gasteiger partial charge in [-0.05, 0) is 72.5 Å². The molecule has 10 heteroatoms. The predicted molar refractivity (Wildman–Crippen MR) is 142 cm³/mol. The predicted octanol–water partition coefficient (Wildman–Crippen LogP) is 4.20. The van der Waals surface area contributed by atoms with Crippen molar-refractivity contribution in [1.82, 2.24) is 14.8 Å². The maximum absolute atomic E-state index is 15.8. The van der Waals surface area contributed by atoms with E-state index >= 15 is 4.39 Å². The highest BCUT2D eigenvalue weighted by atomic mass is 127. The van der Waals surface area contributed by atoms with Crippen molar-refractivity contribution in [3.63, 3.8) is 0 Å². The summed E-state index contributed by atoms with van der Waals surface area (Å²) in [7, 11) is 0.